The normalized spacial score (nSPS) is 12.4. The van der Waals surface area contributed by atoms with Crippen molar-refractivity contribution in [2.24, 2.45) is 7.05 Å². The van der Waals surface area contributed by atoms with E-state index in [2.05, 4.69) is 5.32 Å². The van der Waals surface area contributed by atoms with E-state index in [1.807, 2.05) is 12.1 Å². The van der Waals surface area contributed by atoms with Gasteiger partial charge in [-0.05, 0) is 31.9 Å². The van der Waals surface area contributed by atoms with Crippen LogP contribution in [0.25, 0.3) is 5.69 Å². The number of fused-ring (bicyclic) bond motifs is 1. The quantitative estimate of drug-likeness (QED) is 0.649. The van der Waals surface area contributed by atoms with Gasteiger partial charge in [0.05, 0.1) is 11.4 Å². The zero-order valence-corrected chi connectivity index (χ0v) is 17.1. The third kappa shape index (κ3) is 3.20. The maximum absolute atomic E-state index is 12.9. The number of nitriles is 1. The lowest BCUT2D eigenvalue weighted by atomic mass is 10.2. The standard InChI is InChI=1S/C21H20N6O4/c1-13-18(20(30)27(24(13)2)14-7-4-3-5-8-14)23-17(28)12-26-19(29)15(11-22)16-9-6-10-25(16)21(26)31/h3-5,7-8H,6,9-10,12H2,1-2H3,(H,23,28). The first kappa shape index (κ1) is 20.2. The third-order valence-electron chi connectivity index (χ3n) is 5.56. The lowest BCUT2D eigenvalue weighted by Crippen LogP contribution is -2.44. The Morgan fingerprint density at radius 3 is 2.55 bits per heavy atom. The van der Waals surface area contributed by atoms with Crippen molar-refractivity contribution in [2.75, 3.05) is 5.32 Å². The van der Waals surface area contributed by atoms with Gasteiger partial charge in [-0.25, -0.2) is 14.0 Å². The highest BCUT2D eigenvalue weighted by molar-refractivity contribution is 5.91. The molecule has 0 radical (unpaired) electrons. The Balaban J connectivity index is 1.69. The van der Waals surface area contributed by atoms with Crippen LogP contribution in [0.3, 0.4) is 0 Å². The van der Waals surface area contributed by atoms with Gasteiger partial charge < -0.3 is 5.32 Å². The van der Waals surface area contributed by atoms with Crippen LogP contribution in [0.2, 0.25) is 0 Å². The molecule has 0 fully saturated rings. The molecule has 1 aliphatic rings. The number of anilines is 1. The molecule has 1 N–H and O–H groups in total. The fourth-order valence-corrected chi connectivity index (χ4v) is 3.92. The first-order valence-corrected chi connectivity index (χ1v) is 9.75. The highest BCUT2D eigenvalue weighted by atomic mass is 16.2. The molecule has 3 aromatic rings. The van der Waals surface area contributed by atoms with Gasteiger partial charge in [-0.1, -0.05) is 18.2 Å². The average molecular weight is 420 g/mol. The Morgan fingerprint density at radius 2 is 1.87 bits per heavy atom. The van der Waals surface area contributed by atoms with Crippen molar-refractivity contribution in [3.8, 4) is 11.8 Å². The molecule has 10 heteroatoms. The first-order valence-electron chi connectivity index (χ1n) is 9.75. The molecule has 0 saturated carbocycles. The second-order valence-corrected chi connectivity index (χ2v) is 7.35. The van der Waals surface area contributed by atoms with E-state index in [0.717, 1.165) is 4.57 Å². The Bertz CT molecular complexity index is 1420. The average Bonchev–Trinajstić information content (AvgIpc) is 3.32. The minimum Gasteiger partial charge on any atom is -0.318 e. The van der Waals surface area contributed by atoms with Crippen LogP contribution in [0, 0.1) is 18.3 Å². The van der Waals surface area contributed by atoms with Gasteiger partial charge in [0, 0.05) is 19.3 Å². The summed E-state index contributed by atoms with van der Waals surface area (Å²) in [6.45, 7) is 1.48. The van der Waals surface area contributed by atoms with Crippen LogP contribution < -0.4 is 22.1 Å². The van der Waals surface area contributed by atoms with Crippen LogP contribution in [-0.2, 0) is 31.4 Å². The zero-order valence-electron chi connectivity index (χ0n) is 17.1. The number of carbonyl (C=O) groups is 1. The summed E-state index contributed by atoms with van der Waals surface area (Å²) in [6, 6.07) is 10.8. The Labute approximate surface area is 176 Å². The topological polar surface area (TPSA) is 124 Å². The summed E-state index contributed by atoms with van der Waals surface area (Å²) in [4.78, 5) is 50.9. The lowest BCUT2D eigenvalue weighted by Gasteiger charge is -2.10. The Hall–Kier alpha value is -4.13. The van der Waals surface area contributed by atoms with Crippen molar-refractivity contribution >= 4 is 11.6 Å². The second kappa shape index (κ2) is 7.60. The summed E-state index contributed by atoms with van der Waals surface area (Å²) in [7, 11) is 1.69. The smallest absolute Gasteiger partial charge is 0.318 e. The Morgan fingerprint density at radius 1 is 1.16 bits per heavy atom. The van der Waals surface area contributed by atoms with Gasteiger partial charge in [0.25, 0.3) is 11.1 Å². The van der Waals surface area contributed by atoms with E-state index in [-0.39, 0.29) is 11.3 Å². The first-order chi connectivity index (χ1) is 14.8. The predicted molar refractivity (Wildman–Crippen MR) is 112 cm³/mol. The van der Waals surface area contributed by atoms with Crippen LogP contribution >= 0.6 is 0 Å². The highest BCUT2D eigenvalue weighted by Gasteiger charge is 2.24. The minimum absolute atomic E-state index is 0.0613. The maximum atomic E-state index is 12.9. The van der Waals surface area contributed by atoms with E-state index < -0.39 is 29.3 Å². The van der Waals surface area contributed by atoms with Gasteiger partial charge in [0.1, 0.15) is 23.9 Å². The van der Waals surface area contributed by atoms with E-state index in [4.69, 9.17) is 0 Å². The molecule has 4 rings (SSSR count). The summed E-state index contributed by atoms with van der Waals surface area (Å²) in [5, 5.41) is 11.9. The maximum Gasteiger partial charge on any atom is 0.331 e. The van der Waals surface area contributed by atoms with E-state index in [1.54, 1.807) is 42.9 Å². The van der Waals surface area contributed by atoms with Crippen molar-refractivity contribution in [3.63, 3.8) is 0 Å². The molecule has 1 aliphatic heterocycles. The predicted octanol–water partition coefficient (Wildman–Crippen LogP) is 0.264. The van der Waals surface area contributed by atoms with Gasteiger partial charge in [-0.3, -0.25) is 23.6 Å². The van der Waals surface area contributed by atoms with E-state index >= 15 is 0 Å². The summed E-state index contributed by atoms with van der Waals surface area (Å²) >= 11 is 0. The SMILES string of the molecule is Cc1c(NC(=O)Cn2c(=O)c(C#N)c3n(c2=O)CCC3)c(=O)n(-c2ccccc2)n1C. The molecule has 1 aromatic carbocycles. The van der Waals surface area contributed by atoms with Crippen molar-refractivity contribution < 1.29 is 4.79 Å². The molecule has 0 spiro atoms. The molecule has 2 aromatic heterocycles. The van der Waals surface area contributed by atoms with Crippen LogP contribution in [-0.4, -0.2) is 24.4 Å². The monoisotopic (exact) mass is 420 g/mol. The molecule has 0 atom stereocenters. The van der Waals surface area contributed by atoms with Crippen molar-refractivity contribution in [2.45, 2.75) is 32.9 Å². The van der Waals surface area contributed by atoms with Crippen molar-refractivity contribution in [1.82, 2.24) is 18.5 Å². The summed E-state index contributed by atoms with van der Waals surface area (Å²) in [6.07, 6.45) is 1.13. The van der Waals surface area contributed by atoms with Gasteiger partial charge in [-0.15, -0.1) is 0 Å². The number of rotatable bonds is 4. The number of aromatic nitrogens is 4. The number of hydrogen-bond donors (Lipinski definition) is 1. The lowest BCUT2D eigenvalue weighted by molar-refractivity contribution is -0.116. The number of benzene rings is 1. The molecule has 0 bridgehead atoms. The molecule has 10 nitrogen and oxygen atoms in total. The number of carbonyl (C=O) groups excluding carboxylic acids is 1. The molecule has 0 saturated heterocycles. The molecule has 0 unspecified atom stereocenters. The molecule has 1 amide bonds. The summed E-state index contributed by atoms with van der Waals surface area (Å²) in [5.41, 5.74) is -0.351. The van der Waals surface area contributed by atoms with Gasteiger partial charge in [0.2, 0.25) is 5.91 Å². The number of nitrogens with zero attached hydrogens (tertiary/aromatic N) is 5. The van der Waals surface area contributed by atoms with Crippen LogP contribution in [0.1, 0.15) is 23.4 Å². The van der Waals surface area contributed by atoms with Gasteiger partial charge in [0.15, 0.2) is 0 Å². The number of nitrogens with one attached hydrogen (secondary N) is 1. The summed E-state index contributed by atoms with van der Waals surface area (Å²) < 4.78 is 5.13. The Kier molecular flexibility index (Phi) is 4.94. The van der Waals surface area contributed by atoms with E-state index in [1.165, 1.54) is 9.25 Å². The molecule has 31 heavy (non-hydrogen) atoms. The number of amides is 1. The van der Waals surface area contributed by atoms with E-state index in [9.17, 15) is 24.4 Å². The highest BCUT2D eigenvalue weighted by Crippen LogP contribution is 2.15. The largest absolute Gasteiger partial charge is 0.331 e. The number of hydrogen-bond acceptors (Lipinski definition) is 5. The van der Waals surface area contributed by atoms with Crippen LogP contribution in [0.15, 0.2) is 44.7 Å². The second-order valence-electron chi connectivity index (χ2n) is 7.35. The third-order valence-corrected chi connectivity index (χ3v) is 5.56. The van der Waals surface area contributed by atoms with Crippen molar-refractivity contribution in [1.29, 1.82) is 5.26 Å². The fourth-order valence-electron chi connectivity index (χ4n) is 3.92. The van der Waals surface area contributed by atoms with E-state index in [0.29, 0.717) is 36.5 Å². The fraction of sp³-hybridized carbons (Fsp3) is 0.286. The number of para-hydroxylation sites is 1. The minimum atomic E-state index is -0.790. The van der Waals surface area contributed by atoms with Crippen LogP contribution in [0.5, 0.6) is 0 Å². The summed E-state index contributed by atoms with van der Waals surface area (Å²) in [5.74, 6) is -0.701. The van der Waals surface area contributed by atoms with Gasteiger partial charge in [-0.2, -0.15) is 5.26 Å². The molecular formula is C21H20N6O4. The molecular weight excluding hydrogens is 400 g/mol. The molecule has 0 aliphatic carbocycles. The van der Waals surface area contributed by atoms with Gasteiger partial charge >= 0.3 is 5.69 Å². The molecule has 158 valence electrons. The van der Waals surface area contributed by atoms with Crippen LogP contribution in [0.4, 0.5) is 5.69 Å². The molecule has 3 heterocycles. The zero-order chi connectivity index (χ0) is 22.3. The van der Waals surface area contributed by atoms with Crippen molar-refractivity contribution in [3.05, 3.63) is 78.5 Å².